The number of para-hydroxylation sites is 1. The molecule has 0 saturated carbocycles. The lowest BCUT2D eigenvalue weighted by atomic mass is 10.0. The average molecular weight is 380 g/mol. The molecule has 2 aromatic rings. The SMILES string of the molecule is CCOc1ccccc1/C=C1\C(=O)NC(=S)N(c2cc(C)cc(C)c2)C1=O. The Morgan fingerprint density at radius 3 is 2.44 bits per heavy atom. The number of anilines is 1. The number of nitrogens with one attached hydrogen (secondary N) is 1. The highest BCUT2D eigenvalue weighted by molar-refractivity contribution is 7.80. The smallest absolute Gasteiger partial charge is 0.270 e. The topological polar surface area (TPSA) is 58.6 Å². The lowest BCUT2D eigenvalue weighted by Gasteiger charge is -2.29. The number of hydrogen-bond donors (Lipinski definition) is 1. The maximum absolute atomic E-state index is 13.1. The minimum Gasteiger partial charge on any atom is -0.493 e. The van der Waals surface area contributed by atoms with Gasteiger partial charge in [-0.15, -0.1) is 0 Å². The van der Waals surface area contributed by atoms with Gasteiger partial charge in [-0.1, -0.05) is 24.3 Å². The Balaban J connectivity index is 2.05. The zero-order chi connectivity index (χ0) is 19.6. The summed E-state index contributed by atoms with van der Waals surface area (Å²) in [6.45, 7) is 6.25. The molecule has 138 valence electrons. The number of ether oxygens (including phenoxy) is 1. The molecule has 0 radical (unpaired) electrons. The Morgan fingerprint density at radius 1 is 1.11 bits per heavy atom. The minimum atomic E-state index is -0.517. The number of carbonyl (C=O) groups is 2. The molecule has 2 aromatic carbocycles. The van der Waals surface area contributed by atoms with Crippen LogP contribution in [0, 0.1) is 13.8 Å². The summed E-state index contributed by atoms with van der Waals surface area (Å²) in [7, 11) is 0. The quantitative estimate of drug-likeness (QED) is 0.501. The van der Waals surface area contributed by atoms with Crippen molar-refractivity contribution in [2.24, 2.45) is 0 Å². The van der Waals surface area contributed by atoms with Gasteiger partial charge in [-0.3, -0.25) is 19.8 Å². The standard InChI is InChI=1S/C21H20N2O3S/c1-4-26-18-8-6-5-7-15(18)12-17-19(24)22-21(27)23(20(17)25)16-10-13(2)9-14(3)11-16/h5-12H,4H2,1-3H3,(H,22,24,27)/b17-12+. The zero-order valence-corrected chi connectivity index (χ0v) is 16.2. The van der Waals surface area contributed by atoms with Crippen molar-refractivity contribution in [3.8, 4) is 5.75 Å². The molecule has 1 aliphatic rings. The van der Waals surface area contributed by atoms with E-state index in [1.807, 2.05) is 51.1 Å². The number of hydrogen-bond acceptors (Lipinski definition) is 4. The first kappa shape index (κ1) is 18.8. The zero-order valence-electron chi connectivity index (χ0n) is 15.4. The molecule has 0 aromatic heterocycles. The second-order valence-electron chi connectivity index (χ2n) is 6.27. The van der Waals surface area contributed by atoms with Crippen LogP contribution < -0.4 is 15.0 Å². The lowest BCUT2D eigenvalue weighted by molar-refractivity contribution is -0.122. The Kier molecular flexibility index (Phi) is 5.37. The van der Waals surface area contributed by atoms with Crippen LogP contribution in [-0.2, 0) is 9.59 Å². The molecule has 1 fully saturated rings. The minimum absolute atomic E-state index is 0.00918. The van der Waals surface area contributed by atoms with E-state index in [0.29, 0.717) is 23.6 Å². The molecule has 6 heteroatoms. The molecule has 3 rings (SSSR count). The maximum atomic E-state index is 13.1. The Hall–Kier alpha value is -2.99. The summed E-state index contributed by atoms with van der Waals surface area (Å²) >= 11 is 5.26. The van der Waals surface area contributed by atoms with Gasteiger partial charge in [0.25, 0.3) is 11.8 Å². The summed E-state index contributed by atoms with van der Waals surface area (Å²) in [5.74, 6) is -0.365. The molecule has 1 N–H and O–H groups in total. The number of rotatable bonds is 4. The molecule has 1 saturated heterocycles. The van der Waals surface area contributed by atoms with E-state index in [-0.39, 0.29) is 10.7 Å². The second-order valence-corrected chi connectivity index (χ2v) is 6.66. The van der Waals surface area contributed by atoms with Gasteiger partial charge in [0.15, 0.2) is 5.11 Å². The van der Waals surface area contributed by atoms with Crippen molar-refractivity contribution in [2.75, 3.05) is 11.5 Å². The Bertz CT molecular complexity index is 945. The van der Waals surface area contributed by atoms with Crippen molar-refractivity contribution in [1.29, 1.82) is 0 Å². The number of benzene rings is 2. The van der Waals surface area contributed by atoms with Gasteiger partial charge >= 0.3 is 0 Å². The second kappa shape index (κ2) is 7.72. The normalized spacial score (nSPS) is 15.9. The van der Waals surface area contributed by atoms with Gasteiger partial charge in [0, 0.05) is 5.56 Å². The third kappa shape index (κ3) is 3.90. The van der Waals surface area contributed by atoms with Crippen LogP contribution in [0.15, 0.2) is 48.0 Å². The largest absolute Gasteiger partial charge is 0.493 e. The van der Waals surface area contributed by atoms with Crippen molar-refractivity contribution < 1.29 is 14.3 Å². The van der Waals surface area contributed by atoms with Crippen LogP contribution >= 0.6 is 12.2 Å². The van der Waals surface area contributed by atoms with Crippen molar-refractivity contribution in [3.63, 3.8) is 0 Å². The van der Waals surface area contributed by atoms with Crippen molar-refractivity contribution in [3.05, 3.63) is 64.7 Å². The van der Waals surface area contributed by atoms with E-state index in [9.17, 15) is 9.59 Å². The van der Waals surface area contributed by atoms with Crippen molar-refractivity contribution in [2.45, 2.75) is 20.8 Å². The number of nitrogens with zero attached hydrogens (tertiary/aromatic N) is 1. The van der Waals surface area contributed by atoms with Gasteiger partial charge in [0.2, 0.25) is 0 Å². The van der Waals surface area contributed by atoms with Crippen LogP contribution in [0.3, 0.4) is 0 Å². The average Bonchev–Trinajstić information content (AvgIpc) is 2.59. The van der Waals surface area contributed by atoms with E-state index in [0.717, 1.165) is 11.1 Å². The van der Waals surface area contributed by atoms with Crippen LogP contribution in [0.1, 0.15) is 23.6 Å². The van der Waals surface area contributed by atoms with Crippen LogP contribution in [0.2, 0.25) is 0 Å². The molecule has 0 atom stereocenters. The van der Waals surface area contributed by atoms with Gasteiger partial charge in [-0.25, -0.2) is 0 Å². The summed E-state index contributed by atoms with van der Waals surface area (Å²) < 4.78 is 5.59. The third-order valence-corrected chi connectivity index (χ3v) is 4.37. The Morgan fingerprint density at radius 2 is 1.78 bits per heavy atom. The molecule has 0 bridgehead atoms. The molecule has 0 aliphatic carbocycles. The Labute approximate surface area is 163 Å². The van der Waals surface area contributed by atoms with Gasteiger partial charge in [0.05, 0.1) is 12.3 Å². The summed E-state index contributed by atoms with van der Waals surface area (Å²) in [5.41, 5.74) is 3.31. The van der Waals surface area contributed by atoms with Gasteiger partial charge in [-0.2, -0.15) is 0 Å². The van der Waals surface area contributed by atoms with Crippen LogP contribution in [0.4, 0.5) is 5.69 Å². The molecule has 1 aliphatic heterocycles. The molecular weight excluding hydrogens is 360 g/mol. The van der Waals surface area contributed by atoms with E-state index in [1.54, 1.807) is 18.2 Å². The fourth-order valence-electron chi connectivity index (χ4n) is 3.01. The van der Waals surface area contributed by atoms with Crippen LogP contribution in [-0.4, -0.2) is 23.5 Å². The van der Waals surface area contributed by atoms with E-state index in [1.165, 1.54) is 4.90 Å². The molecule has 0 spiro atoms. The monoisotopic (exact) mass is 380 g/mol. The summed E-state index contributed by atoms with van der Waals surface area (Å²) in [5, 5.41) is 2.68. The summed E-state index contributed by atoms with van der Waals surface area (Å²) in [4.78, 5) is 26.9. The first-order valence-electron chi connectivity index (χ1n) is 8.62. The number of aryl methyl sites for hydroxylation is 2. The molecule has 0 unspecified atom stereocenters. The lowest BCUT2D eigenvalue weighted by Crippen LogP contribution is -2.54. The fraction of sp³-hybridized carbons (Fsp3) is 0.190. The molecule has 1 heterocycles. The molecule has 5 nitrogen and oxygen atoms in total. The highest BCUT2D eigenvalue weighted by Crippen LogP contribution is 2.26. The van der Waals surface area contributed by atoms with E-state index in [4.69, 9.17) is 17.0 Å². The van der Waals surface area contributed by atoms with Gasteiger partial charge in [-0.05, 0) is 68.4 Å². The molecule has 2 amide bonds. The number of amides is 2. The first-order chi connectivity index (χ1) is 12.9. The molecular formula is C21H20N2O3S. The fourth-order valence-corrected chi connectivity index (χ4v) is 3.29. The highest BCUT2D eigenvalue weighted by Gasteiger charge is 2.34. The predicted molar refractivity (Wildman–Crippen MR) is 110 cm³/mol. The van der Waals surface area contributed by atoms with E-state index < -0.39 is 11.8 Å². The van der Waals surface area contributed by atoms with Crippen molar-refractivity contribution in [1.82, 2.24) is 5.32 Å². The number of carbonyl (C=O) groups excluding carboxylic acids is 2. The predicted octanol–water partition coefficient (Wildman–Crippen LogP) is 3.53. The highest BCUT2D eigenvalue weighted by atomic mass is 32.1. The van der Waals surface area contributed by atoms with E-state index in [2.05, 4.69) is 5.32 Å². The number of thiocarbonyl (C=S) groups is 1. The van der Waals surface area contributed by atoms with Crippen molar-refractivity contribution >= 4 is 40.9 Å². The summed E-state index contributed by atoms with van der Waals surface area (Å²) in [6, 6.07) is 13.0. The molecule has 27 heavy (non-hydrogen) atoms. The maximum Gasteiger partial charge on any atom is 0.270 e. The van der Waals surface area contributed by atoms with Gasteiger partial charge < -0.3 is 4.74 Å². The third-order valence-electron chi connectivity index (χ3n) is 4.09. The van der Waals surface area contributed by atoms with Gasteiger partial charge in [0.1, 0.15) is 11.3 Å². The first-order valence-corrected chi connectivity index (χ1v) is 9.03. The summed E-state index contributed by atoms with van der Waals surface area (Å²) in [6.07, 6.45) is 1.54. The van der Waals surface area contributed by atoms with E-state index >= 15 is 0 Å². The van der Waals surface area contributed by atoms with Crippen LogP contribution in [0.5, 0.6) is 5.75 Å². The van der Waals surface area contributed by atoms with Crippen LogP contribution in [0.25, 0.3) is 6.08 Å².